The fourth-order valence-corrected chi connectivity index (χ4v) is 11.0. The van der Waals surface area contributed by atoms with Crippen LogP contribution in [0.15, 0.2) is 64.1 Å². The molecule has 294 valence electrons. The maximum absolute atomic E-state index is 15.0. The van der Waals surface area contributed by atoms with Crippen LogP contribution in [0.2, 0.25) is 28.2 Å². The van der Waals surface area contributed by atoms with E-state index in [1.807, 2.05) is 46.2 Å². The lowest BCUT2D eigenvalue weighted by Gasteiger charge is -2.48. The molecule has 0 spiro atoms. The van der Waals surface area contributed by atoms with Crippen molar-refractivity contribution in [1.82, 2.24) is 19.6 Å². The van der Waals surface area contributed by atoms with Crippen LogP contribution in [0.25, 0.3) is 0 Å². The Morgan fingerprint density at radius 2 is 1.59 bits per heavy atom. The molecule has 4 aliphatic heterocycles. The zero-order chi connectivity index (χ0) is 39.5. The number of nitrogens with zero attached hydrogens (tertiary/aromatic N) is 5. The molecule has 8 nitrogen and oxygen atoms in total. The predicted molar refractivity (Wildman–Crippen MR) is 226 cm³/mol. The number of amidine groups is 1. The minimum absolute atomic E-state index is 0.0214. The molecule has 2 aromatic carbocycles. The molecule has 2 amide bonds. The molecule has 0 unspecified atom stereocenters. The number of hydrogen-bond donors (Lipinski definition) is 0. The average molecular weight is 813 g/mol. The van der Waals surface area contributed by atoms with Gasteiger partial charge in [-0.15, -0.1) is 0 Å². The molecule has 4 aliphatic rings. The van der Waals surface area contributed by atoms with Crippen molar-refractivity contribution in [3.63, 3.8) is 0 Å². The van der Waals surface area contributed by atoms with Crippen LogP contribution in [-0.4, -0.2) is 95.3 Å². The summed E-state index contributed by atoms with van der Waals surface area (Å²) in [7, 11) is -1.84. The van der Waals surface area contributed by atoms with Gasteiger partial charge >= 0.3 is 0 Å². The first-order chi connectivity index (χ1) is 25.2. The zero-order valence-corrected chi connectivity index (χ0v) is 37.3. The largest absolute Gasteiger partial charge is 0.416 e. The lowest BCUT2D eigenvalue weighted by Crippen LogP contribution is -2.63. The number of likely N-dealkylation sites (tertiary alicyclic amines) is 1. The standard InChI is InChI=1S/C42H59Cl2N5O3SSi/c1-27(2)34-35(53-39-45-42(9,30-15-19-32(44)20-16-30)36(49(34)39)29-13-17-31(43)18-14-29)38(51)48-28(3)12-21-33(48)37(50)46-22-23-47(41(7,8)26-46)24-25-52-54(10,11)40(4,5)6/h13-20,27-28,33,36H,12,21-26H2,1-11H3/t28-,33+,36-,42+/m1/s1. The quantitative estimate of drug-likeness (QED) is 0.235. The number of halogens is 2. The average Bonchev–Trinajstić information content (AvgIpc) is 3.74. The van der Waals surface area contributed by atoms with Gasteiger partial charge in [-0.25, -0.2) is 4.99 Å². The Labute approximate surface area is 338 Å². The Kier molecular flexibility index (Phi) is 11.6. The first-order valence-corrected chi connectivity index (χ1v) is 24.0. The lowest BCUT2D eigenvalue weighted by atomic mass is 9.81. The molecule has 6 rings (SSSR count). The molecular weight excluding hydrogens is 754 g/mol. The number of fused-ring (bicyclic) bond motifs is 1. The van der Waals surface area contributed by atoms with Crippen molar-refractivity contribution in [1.29, 1.82) is 0 Å². The van der Waals surface area contributed by atoms with E-state index < -0.39 is 19.9 Å². The maximum Gasteiger partial charge on any atom is 0.263 e. The van der Waals surface area contributed by atoms with Crippen molar-refractivity contribution in [3.8, 4) is 0 Å². The van der Waals surface area contributed by atoms with Crippen molar-refractivity contribution in [2.75, 3.05) is 32.8 Å². The van der Waals surface area contributed by atoms with Crippen molar-refractivity contribution in [3.05, 3.63) is 80.3 Å². The fourth-order valence-electron chi connectivity index (χ4n) is 8.38. The van der Waals surface area contributed by atoms with Gasteiger partial charge in [0.05, 0.1) is 6.04 Å². The molecule has 54 heavy (non-hydrogen) atoms. The molecule has 2 saturated heterocycles. The van der Waals surface area contributed by atoms with E-state index >= 15 is 0 Å². The van der Waals surface area contributed by atoms with Gasteiger partial charge < -0.3 is 19.1 Å². The fraction of sp³-hybridized carbons (Fsp3) is 0.595. The molecule has 0 saturated carbocycles. The lowest BCUT2D eigenvalue weighted by molar-refractivity contribution is -0.146. The molecule has 4 heterocycles. The number of carbonyl (C=O) groups is 2. The smallest absolute Gasteiger partial charge is 0.263 e. The maximum atomic E-state index is 15.0. The molecule has 4 atom stereocenters. The van der Waals surface area contributed by atoms with Crippen molar-refractivity contribution in [2.45, 2.75) is 122 Å². The summed E-state index contributed by atoms with van der Waals surface area (Å²) in [5, 5.41) is 2.29. The van der Waals surface area contributed by atoms with Gasteiger partial charge in [-0.1, -0.05) is 82.1 Å². The Hall–Kier alpha value is -2.34. The Morgan fingerprint density at radius 3 is 2.17 bits per heavy atom. The van der Waals surface area contributed by atoms with Gasteiger partial charge in [0.1, 0.15) is 16.5 Å². The highest BCUT2D eigenvalue weighted by Gasteiger charge is 2.54. The molecule has 2 fully saturated rings. The van der Waals surface area contributed by atoms with Crippen LogP contribution in [-0.2, 0) is 19.6 Å². The Morgan fingerprint density at radius 1 is 0.981 bits per heavy atom. The highest BCUT2D eigenvalue weighted by molar-refractivity contribution is 8.18. The van der Waals surface area contributed by atoms with Crippen molar-refractivity contribution < 1.29 is 14.0 Å². The third-order valence-corrected chi connectivity index (χ3v) is 18.7. The van der Waals surface area contributed by atoms with Gasteiger partial charge in [-0.3, -0.25) is 14.5 Å². The van der Waals surface area contributed by atoms with Gasteiger partial charge in [0, 0.05) is 60.1 Å². The van der Waals surface area contributed by atoms with Crippen molar-refractivity contribution >= 4 is 60.3 Å². The van der Waals surface area contributed by atoms with Gasteiger partial charge in [0.15, 0.2) is 13.5 Å². The van der Waals surface area contributed by atoms with Gasteiger partial charge in [0.25, 0.3) is 5.91 Å². The van der Waals surface area contributed by atoms with E-state index in [1.165, 1.54) is 11.8 Å². The first kappa shape index (κ1) is 41.3. The number of allylic oxidation sites excluding steroid dienone is 1. The van der Waals surface area contributed by atoms with E-state index in [2.05, 4.69) is 97.3 Å². The summed E-state index contributed by atoms with van der Waals surface area (Å²) < 4.78 is 6.52. The van der Waals surface area contributed by atoms with E-state index in [0.29, 0.717) is 41.1 Å². The van der Waals surface area contributed by atoms with Crippen LogP contribution in [0.3, 0.4) is 0 Å². The van der Waals surface area contributed by atoms with Gasteiger partial charge in [-0.05, 0) is 112 Å². The van der Waals surface area contributed by atoms with Crippen LogP contribution < -0.4 is 0 Å². The van der Waals surface area contributed by atoms with E-state index in [1.54, 1.807) is 0 Å². The summed E-state index contributed by atoms with van der Waals surface area (Å²) in [5.41, 5.74) is 2.17. The van der Waals surface area contributed by atoms with Crippen molar-refractivity contribution in [2.24, 2.45) is 10.9 Å². The molecule has 0 bridgehead atoms. The topological polar surface area (TPSA) is 68.7 Å². The molecular formula is C42H59Cl2N5O3SSi. The number of hydrogen-bond acceptors (Lipinski definition) is 7. The third-order valence-electron chi connectivity index (χ3n) is 12.6. The monoisotopic (exact) mass is 811 g/mol. The SMILES string of the molecule is CC(C)C1=C(C(=O)N2[C@H](C)CC[C@H]2C(=O)N2CCN(CCO[Si](C)(C)C(C)(C)C)C(C)(C)C2)SC2=N[C@@](C)(c3ccc(Cl)cc3)[C@@H](c3ccc(Cl)cc3)N21. The molecule has 0 N–H and O–H groups in total. The summed E-state index contributed by atoms with van der Waals surface area (Å²) in [5.74, 6) is 0.000730. The number of amides is 2. The number of rotatable bonds is 9. The van der Waals surface area contributed by atoms with E-state index in [4.69, 9.17) is 32.6 Å². The van der Waals surface area contributed by atoms with E-state index in [-0.39, 0.29) is 40.4 Å². The van der Waals surface area contributed by atoms with Crippen LogP contribution in [0, 0.1) is 5.92 Å². The molecule has 0 aliphatic carbocycles. The minimum Gasteiger partial charge on any atom is -0.416 e. The number of aliphatic imine (C=N–C) groups is 1. The zero-order valence-electron chi connectivity index (χ0n) is 34.0. The summed E-state index contributed by atoms with van der Waals surface area (Å²) in [4.78, 5) is 44.1. The summed E-state index contributed by atoms with van der Waals surface area (Å²) >= 11 is 14.1. The van der Waals surface area contributed by atoms with Gasteiger partial charge in [0.2, 0.25) is 5.91 Å². The Bertz CT molecular complexity index is 1810. The summed E-state index contributed by atoms with van der Waals surface area (Å²) in [6.45, 7) is 27.9. The molecule has 2 aromatic rings. The van der Waals surface area contributed by atoms with Crippen LogP contribution in [0.1, 0.15) is 92.3 Å². The number of carbonyl (C=O) groups excluding carboxylic acids is 2. The number of piperazine rings is 1. The second-order valence-electron chi connectivity index (χ2n) is 18.2. The normalized spacial score (nSPS) is 26.2. The Balaban J connectivity index is 1.24. The van der Waals surface area contributed by atoms with Crippen LogP contribution in [0.4, 0.5) is 0 Å². The third kappa shape index (κ3) is 7.69. The molecule has 0 radical (unpaired) electrons. The van der Waals surface area contributed by atoms with E-state index in [0.717, 1.165) is 41.5 Å². The summed E-state index contributed by atoms with van der Waals surface area (Å²) in [6.07, 6.45) is 1.45. The second kappa shape index (κ2) is 15.2. The van der Waals surface area contributed by atoms with Crippen LogP contribution >= 0.6 is 35.0 Å². The molecule has 0 aromatic heterocycles. The number of thioether (sulfide) groups is 1. The second-order valence-corrected chi connectivity index (χ2v) is 24.8. The number of benzene rings is 2. The predicted octanol–water partition coefficient (Wildman–Crippen LogP) is 9.56. The van der Waals surface area contributed by atoms with Gasteiger partial charge in [-0.2, -0.15) is 0 Å². The van der Waals surface area contributed by atoms with Crippen LogP contribution in [0.5, 0.6) is 0 Å². The highest BCUT2D eigenvalue weighted by Crippen LogP contribution is 2.56. The summed E-state index contributed by atoms with van der Waals surface area (Å²) in [6, 6.07) is 15.1. The first-order valence-electron chi connectivity index (χ1n) is 19.5. The minimum atomic E-state index is -1.84. The molecule has 12 heteroatoms. The van der Waals surface area contributed by atoms with E-state index in [9.17, 15) is 9.59 Å². The highest BCUT2D eigenvalue weighted by atomic mass is 35.5.